The van der Waals surface area contributed by atoms with Crippen LogP contribution in [0.5, 0.6) is 0 Å². The van der Waals surface area contributed by atoms with Crippen LogP contribution in [0.4, 0.5) is 0 Å². The molecule has 92 valence electrons. The van der Waals surface area contributed by atoms with Crippen LogP contribution >= 0.6 is 12.2 Å². The molecule has 0 aromatic carbocycles. The quantitative estimate of drug-likeness (QED) is 0.708. The van der Waals surface area contributed by atoms with E-state index in [0.29, 0.717) is 6.04 Å². The molecule has 0 bridgehead atoms. The molecule has 1 saturated heterocycles. The Balaban J connectivity index is 1.80. The number of hydrogen-bond donors (Lipinski definition) is 1. The van der Waals surface area contributed by atoms with Crippen LogP contribution in [0.3, 0.4) is 0 Å². The van der Waals surface area contributed by atoms with E-state index in [0.717, 1.165) is 37.3 Å². The Bertz CT molecular complexity index is 241. The van der Waals surface area contributed by atoms with Gasteiger partial charge in [-0.3, -0.25) is 0 Å². The van der Waals surface area contributed by atoms with Gasteiger partial charge in [-0.25, -0.2) is 0 Å². The van der Waals surface area contributed by atoms with Crippen molar-refractivity contribution in [2.24, 2.45) is 5.92 Å². The zero-order valence-electron chi connectivity index (χ0n) is 10.1. The topological polar surface area (TPSA) is 24.5 Å². The molecule has 0 spiro atoms. The van der Waals surface area contributed by atoms with Crippen molar-refractivity contribution < 1.29 is 4.74 Å². The molecule has 16 heavy (non-hydrogen) atoms. The predicted octanol–water partition coefficient (Wildman–Crippen LogP) is 1.77. The van der Waals surface area contributed by atoms with E-state index in [4.69, 9.17) is 17.0 Å². The third kappa shape index (κ3) is 3.08. The van der Waals surface area contributed by atoms with E-state index in [1.165, 1.54) is 25.7 Å². The molecule has 1 aliphatic heterocycles. The van der Waals surface area contributed by atoms with Crippen molar-refractivity contribution in [3.05, 3.63) is 0 Å². The van der Waals surface area contributed by atoms with E-state index in [-0.39, 0.29) is 0 Å². The fourth-order valence-corrected chi connectivity index (χ4v) is 2.88. The Morgan fingerprint density at radius 3 is 2.62 bits per heavy atom. The molecule has 0 aromatic heterocycles. The molecule has 1 heterocycles. The lowest BCUT2D eigenvalue weighted by Crippen LogP contribution is -2.51. The molecule has 0 aromatic rings. The minimum Gasteiger partial charge on any atom is -0.378 e. The van der Waals surface area contributed by atoms with Gasteiger partial charge in [-0.05, 0) is 31.0 Å². The first kappa shape index (κ1) is 12.1. The van der Waals surface area contributed by atoms with Crippen LogP contribution in [0.1, 0.15) is 32.6 Å². The van der Waals surface area contributed by atoms with Crippen LogP contribution in [0, 0.1) is 5.92 Å². The largest absolute Gasteiger partial charge is 0.378 e. The summed E-state index contributed by atoms with van der Waals surface area (Å²) in [5, 5.41) is 4.47. The van der Waals surface area contributed by atoms with E-state index < -0.39 is 0 Å². The van der Waals surface area contributed by atoms with Crippen LogP contribution in [-0.4, -0.2) is 42.4 Å². The number of nitrogens with zero attached hydrogens (tertiary/aromatic N) is 1. The molecule has 0 radical (unpaired) electrons. The molecule has 0 amide bonds. The number of thiocarbonyl (C=S) groups is 1. The van der Waals surface area contributed by atoms with Gasteiger partial charge in [0.1, 0.15) is 0 Å². The van der Waals surface area contributed by atoms with Gasteiger partial charge in [0.15, 0.2) is 5.11 Å². The van der Waals surface area contributed by atoms with Crippen LogP contribution in [0.25, 0.3) is 0 Å². The van der Waals surface area contributed by atoms with Crippen LogP contribution in [-0.2, 0) is 4.74 Å². The number of ether oxygens (including phenoxy) is 1. The monoisotopic (exact) mass is 242 g/mol. The van der Waals surface area contributed by atoms with Crippen molar-refractivity contribution >= 4 is 17.3 Å². The Labute approximate surface area is 104 Å². The lowest BCUT2D eigenvalue weighted by atomic mass is 9.86. The van der Waals surface area contributed by atoms with Gasteiger partial charge in [0.05, 0.1) is 13.2 Å². The number of rotatable bonds is 1. The van der Waals surface area contributed by atoms with Gasteiger partial charge in [0.25, 0.3) is 0 Å². The lowest BCUT2D eigenvalue weighted by molar-refractivity contribution is 0.0669. The number of morpholine rings is 1. The second-order valence-corrected chi connectivity index (χ2v) is 5.30. The molecule has 2 atom stereocenters. The molecule has 2 unspecified atom stereocenters. The van der Waals surface area contributed by atoms with Gasteiger partial charge >= 0.3 is 0 Å². The first-order valence-electron chi connectivity index (χ1n) is 6.40. The summed E-state index contributed by atoms with van der Waals surface area (Å²) in [5.74, 6) is 0.757. The summed E-state index contributed by atoms with van der Waals surface area (Å²) < 4.78 is 5.33. The Morgan fingerprint density at radius 2 is 1.94 bits per heavy atom. The Kier molecular flexibility index (Phi) is 4.41. The van der Waals surface area contributed by atoms with Crippen LogP contribution < -0.4 is 5.32 Å². The van der Waals surface area contributed by atoms with E-state index in [9.17, 15) is 0 Å². The molecule has 1 saturated carbocycles. The van der Waals surface area contributed by atoms with Gasteiger partial charge in [-0.1, -0.05) is 19.8 Å². The summed E-state index contributed by atoms with van der Waals surface area (Å²) in [7, 11) is 0. The smallest absolute Gasteiger partial charge is 0.169 e. The highest BCUT2D eigenvalue weighted by atomic mass is 32.1. The maximum Gasteiger partial charge on any atom is 0.169 e. The normalized spacial score (nSPS) is 31.2. The summed E-state index contributed by atoms with van der Waals surface area (Å²) in [6, 6.07) is 0.587. The van der Waals surface area contributed by atoms with Crippen molar-refractivity contribution in [3.63, 3.8) is 0 Å². The molecule has 1 N–H and O–H groups in total. The SMILES string of the molecule is CC1CCCCC1NC(=S)N1CCOCC1. The van der Waals surface area contributed by atoms with Gasteiger partial charge in [0.2, 0.25) is 0 Å². The average molecular weight is 242 g/mol. The molecular weight excluding hydrogens is 220 g/mol. The predicted molar refractivity (Wildman–Crippen MR) is 69.5 cm³/mol. The van der Waals surface area contributed by atoms with Gasteiger partial charge in [-0.2, -0.15) is 0 Å². The molecule has 4 heteroatoms. The minimum atomic E-state index is 0.587. The van der Waals surface area contributed by atoms with E-state index in [2.05, 4.69) is 17.1 Å². The van der Waals surface area contributed by atoms with Gasteiger partial charge in [-0.15, -0.1) is 0 Å². The van der Waals surface area contributed by atoms with Crippen molar-refractivity contribution in [3.8, 4) is 0 Å². The summed E-state index contributed by atoms with van der Waals surface area (Å²) in [5.41, 5.74) is 0. The Morgan fingerprint density at radius 1 is 1.25 bits per heavy atom. The average Bonchev–Trinajstić information content (AvgIpc) is 2.33. The second kappa shape index (κ2) is 5.82. The van der Waals surface area contributed by atoms with Crippen molar-refractivity contribution in [2.75, 3.05) is 26.3 Å². The third-order valence-corrected chi connectivity index (χ3v) is 4.09. The third-order valence-electron chi connectivity index (χ3n) is 3.72. The Hall–Kier alpha value is -0.350. The standard InChI is InChI=1S/C12H22N2OS/c1-10-4-2-3-5-11(10)13-12(16)14-6-8-15-9-7-14/h10-11H,2-9H2,1H3,(H,13,16). The highest BCUT2D eigenvalue weighted by Gasteiger charge is 2.23. The molecule has 1 aliphatic carbocycles. The molecule has 2 aliphatic rings. The lowest BCUT2D eigenvalue weighted by Gasteiger charge is -2.35. The van der Waals surface area contributed by atoms with Crippen molar-refractivity contribution in [2.45, 2.75) is 38.6 Å². The zero-order valence-corrected chi connectivity index (χ0v) is 10.9. The fourth-order valence-electron chi connectivity index (χ4n) is 2.55. The second-order valence-electron chi connectivity index (χ2n) is 4.92. The maximum absolute atomic E-state index is 5.47. The number of hydrogen-bond acceptors (Lipinski definition) is 2. The summed E-state index contributed by atoms with van der Waals surface area (Å²) in [6.45, 7) is 5.82. The summed E-state index contributed by atoms with van der Waals surface area (Å²) in [6.07, 6.45) is 5.33. The maximum atomic E-state index is 5.47. The fraction of sp³-hybridized carbons (Fsp3) is 0.917. The molecule has 2 rings (SSSR count). The molecule has 2 fully saturated rings. The highest BCUT2D eigenvalue weighted by molar-refractivity contribution is 7.80. The number of nitrogens with one attached hydrogen (secondary N) is 1. The van der Waals surface area contributed by atoms with E-state index >= 15 is 0 Å². The summed E-state index contributed by atoms with van der Waals surface area (Å²) in [4.78, 5) is 2.24. The zero-order chi connectivity index (χ0) is 11.4. The van der Waals surface area contributed by atoms with Gasteiger partial charge < -0.3 is 15.0 Å². The first-order valence-corrected chi connectivity index (χ1v) is 6.81. The van der Waals surface area contributed by atoms with Gasteiger partial charge in [0, 0.05) is 19.1 Å². The minimum absolute atomic E-state index is 0.587. The first-order chi connectivity index (χ1) is 7.77. The summed E-state index contributed by atoms with van der Waals surface area (Å²) >= 11 is 5.47. The van der Waals surface area contributed by atoms with Crippen LogP contribution in [0.15, 0.2) is 0 Å². The highest BCUT2D eigenvalue weighted by Crippen LogP contribution is 2.23. The van der Waals surface area contributed by atoms with Crippen molar-refractivity contribution in [1.29, 1.82) is 0 Å². The van der Waals surface area contributed by atoms with Crippen LogP contribution in [0.2, 0.25) is 0 Å². The van der Waals surface area contributed by atoms with E-state index in [1.807, 2.05) is 0 Å². The van der Waals surface area contributed by atoms with Crippen molar-refractivity contribution in [1.82, 2.24) is 10.2 Å². The van der Waals surface area contributed by atoms with E-state index in [1.54, 1.807) is 0 Å². The molecule has 3 nitrogen and oxygen atoms in total. The molecular formula is C12H22N2OS.